The second kappa shape index (κ2) is 5.81. The molecule has 1 amide bonds. The molecule has 2 aromatic rings. The topological polar surface area (TPSA) is 68.3 Å². The summed E-state index contributed by atoms with van der Waals surface area (Å²) in [7, 11) is 0. The second-order valence-corrected chi connectivity index (χ2v) is 4.88. The quantitative estimate of drug-likeness (QED) is 0.878. The first-order valence-electron chi connectivity index (χ1n) is 5.26. The third kappa shape index (κ3) is 3.30. The average Bonchev–Trinajstić information content (AvgIpc) is 2.71. The van der Waals surface area contributed by atoms with Gasteiger partial charge in [-0.15, -0.1) is 0 Å². The normalized spacial score (nSPS) is 10.0. The molecule has 0 bridgehead atoms. The predicted molar refractivity (Wildman–Crippen MR) is 73.3 cm³/mol. The van der Waals surface area contributed by atoms with E-state index in [1.807, 2.05) is 0 Å². The minimum absolute atomic E-state index is 0.104. The highest BCUT2D eigenvalue weighted by atomic mass is 35.5. The number of carbonyl (C=O) groups is 2. The van der Waals surface area contributed by atoms with Crippen LogP contribution in [0, 0.1) is 0 Å². The standard InChI is InChI=1S/C12H9ClN2O3S/c1-7(17)14-8-4-2-3-5-9(8)18-12-15-11(13)10(6-16)19-12/h2-6H,1H3,(H,14,17). The zero-order valence-electron chi connectivity index (χ0n) is 9.84. The first kappa shape index (κ1) is 13.5. The molecule has 0 fully saturated rings. The Bertz CT molecular complexity index is 627. The molecule has 1 N–H and O–H groups in total. The molecule has 0 aliphatic carbocycles. The summed E-state index contributed by atoms with van der Waals surface area (Å²) in [5.74, 6) is 0.224. The molecular weight excluding hydrogens is 288 g/mol. The van der Waals surface area contributed by atoms with Crippen LogP contribution in [0.2, 0.25) is 5.15 Å². The number of rotatable bonds is 4. The number of aromatic nitrogens is 1. The van der Waals surface area contributed by atoms with Crippen LogP contribution in [-0.2, 0) is 4.79 Å². The number of anilines is 1. The van der Waals surface area contributed by atoms with Crippen LogP contribution in [0.3, 0.4) is 0 Å². The van der Waals surface area contributed by atoms with E-state index in [2.05, 4.69) is 10.3 Å². The van der Waals surface area contributed by atoms with Crippen LogP contribution in [0.15, 0.2) is 24.3 Å². The predicted octanol–water partition coefficient (Wildman–Crippen LogP) is 3.36. The van der Waals surface area contributed by atoms with Crippen LogP contribution in [0.1, 0.15) is 16.6 Å². The van der Waals surface area contributed by atoms with Crippen molar-refractivity contribution >= 4 is 40.8 Å². The van der Waals surface area contributed by atoms with E-state index in [4.69, 9.17) is 16.3 Å². The van der Waals surface area contributed by atoms with E-state index in [1.165, 1.54) is 6.92 Å². The van der Waals surface area contributed by atoms with Crippen LogP contribution in [0.25, 0.3) is 0 Å². The summed E-state index contributed by atoms with van der Waals surface area (Å²) in [6.07, 6.45) is 0.618. The Morgan fingerprint density at radius 3 is 2.84 bits per heavy atom. The van der Waals surface area contributed by atoms with Crippen LogP contribution in [0.5, 0.6) is 10.9 Å². The van der Waals surface area contributed by atoms with E-state index >= 15 is 0 Å². The van der Waals surface area contributed by atoms with Gasteiger partial charge in [0.15, 0.2) is 17.2 Å². The molecule has 98 valence electrons. The van der Waals surface area contributed by atoms with Gasteiger partial charge in [0.1, 0.15) is 4.88 Å². The molecule has 0 unspecified atom stereocenters. The van der Waals surface area contributed by atoms with Crippen LogP contribution < -0.4 is 10.1 Å². The zero-order chi connectivity index (χ0) is 13.8. The maximum Gasteiger partial charge on any atom is 0.280 e. The first-order chi connectivity index (χ1) is 9.10. The van der Waals surface area contributed by atoms with Gasteiger partial charge in [-0.25, -0.2) is 0 Å². The van der Waals surface area contributed by atoms with Gasteiger partial charge in [0.05, 0.1) is 5.69 Å². The summed E-state index contributed by atoms with van der Waals surface area (Å²) in [4.78, 5) is 26.0. The van der Waals surface area contributed by atoms with Gasteiger partial charge in [0.2, 0.25) is 5.91 Å². The van der Waals surface area contributed by atoms with E-state index in [1.54, 1.807) is 24.3 Å². The summed E-state index contributed by atoms with van der Waals surface area (Å²) in [6, 6.07) is 6.91. The van der Waals surface area contributed by atoms with Gasteiger partial charge in [-0.05, 0) is 12.1 Å². The number of carbonyl (C=O) groups excluding carboxylic acids is 2. The summed E-state index contributed by atoms with van der Waals surface area (Å²) in [5, 5.41) is 2.98. The van der Waals surface area contributed by atoms with E-state index in [0.29, 0.717) is 22.6 Å². The molecule has 5 nitrogen and oxygen atoms in total. The molecule has 2 rings (SSSR count). The van der Waals surface area contributed by atoms with E-state index in [9.17, 15) is 9.59 Å². The Morgan fingerprint density at radius 2 is 2.21 bits per heavy atom. The van der Waals surface area contributed by atoms with Gasteiger partial charge in [-0.1, -0.05) is 35.1 Å². The van der Waals surface area contributed by atoms with Gasteiger partial charge >= 0.3 is 0 Å². The van der Waals surface area contributed by atoms with Gasteiger partial charge in [-0.2, -0.15) is 4.98 Å². The third-order valence-electron chi connectivity index (χ3n) is 2.09. The monoisotopic (exact) mass is 296 g/mol. The number of hydrogen-bond acceptors (Lipinski definition) is 5. The summed E-state index contributed by atoms with van der Waals surface area (Å²) in [6.45, 7) is 1.40. The van der Waals surface area contributed by atoms with Crippen molar-refractivity contribution in [2.24, 2.45) is 0 Å². The smallest absolute Gasteiger partial charge is 0.280 e. The van der Waals surface area contributed by atoms with Crippen molar-refractivity contribution in [2.45, 2.75) is 6.92 Å². The van der Waals surface area contributed by atoms with Crippen molar-refractivity contribution in [1.82, 2.24) is 4.98 Å². The minimum Gasteiger partial charge on any atom is -0.429 e. The molecule has 19 heavy (non-hydrogen) atoms. The van der Waals surface area contributed by atoms with Crippen LogP contribution in [-0.4, -0.2) is 17.2 Å². The number of thiazole rings is 1. The Balaban J connectivity index is 2.27. The highest BCUT2D eigenvalue weighted by Gasteiger charge is 2.12. The van der Waals surface area contributed by atoms with Crippen molar-refractivity contribution in [3.05, 3.63) is 34.3 Å². The van der Waals surface area contributed by atoms with Crippen molar-refractivity contribution in [1.29, 1.82) is 0 Å². The second-order valence-electron chi connectivity index (χ2n) is 3.53. The molecule has 0 aliphatic heterocycles. The number of hydrogen-bond donors (Lipinski definition) is 1. The lowest BCUT2D eigenvalue weighted by atomic mass is 10.3. The maximum atomic E-state index is 11.1. The lowest BCUT2D eigenvalue weighted by Gasteiger charge is -2.08. The molecular formula is C12H9ClN2O3S. The van der Waals surface area contributed by atoms with Crippen molar-refractivity contribution in [3.63, 3.8) is 0 Å². The molecule has 7 heteroatoms. The molecule has 1 aromatic heterocycles. The number of benzene rings is 1. The van der Waals surface area contributed by atoms with Crippen molar-refractivity contribution in [3.8, 4) is 10.9 Å². The SMILES string of the molecule is CC(=O)Nc1ccccc1Oc1nc(Cl)c(C=O)s1. The fourth-order valence-electron chi connectivity index (χ4n) is 1.35. The van der Waals surface area contributed by atoms with Gasteiger partial charge < -0.3 is 10.1 Å². The van der Waals surface area contributed by atoms with E-state index < -0.39 is 0 Å². The number of halogens is 1. The summed E-state index contributed by atoms with van der Waals surface area (Å²) in [5.41, 5.74) is 0.522. The number of amides is 1. The van der Waals surface area contributed by atoms with Gasteiger partial charge in [0, 0.05) is 6.92 Å². The van der Waals surface area contributed by atoms with E-state index in [0.717, 1.165) is 11.3 Å². The Morgan fingerprint density at radius 1 is 1.47 bits per heavy atom. The van der Waals surface area contributed by atoms with Gasteiger partial charge in [0.25, 0.3) is 5.19 Å². The lowest BCUT2D eigenvalue weighted by Crippen LogP contribution is -2.06. The fraction of sp³-hybridized carbons (Fsp3) is 0.0833. The van der Waals surface area contributed by atoms with E-state index in [-0.39, 0.29) is 16.3 Å². The van der Waals surface area contributed by atoms with Crippen molar-refractivity contribution < 1.29 is 14.3 Å². The summed E-state index contributed by atoms with van der Waals surface area (Å²) < 4.78 is 5.52. The number of nitrogens with zero attached hydrogens (tertiary/aromatic N) is 1. The summed E-state index contributed by atoms with van der Waals surface area (Å²) >= 11 is 6.79. The Kier molecular flexibility index (Phi) is 4.13. The number of aldehydes is 1. The van der Waals surface area contributed by atoms with Crippen LogP contribution in [0.4, 0.5) is 5.69 Å². The van der Waals surface area contributed by atoms with Crippen molar-refractivity contribution in [2.75, 3.05) is 5.32 Å². The molecule has 0 saturated heterocycles. The first-order valence-corrected chi connectivity index (χ1v) is 6.45. The highest BCUT2D eigenvalue weighted by molar-refractivity contribution is 7.15. The van der Waals surface area contributed by atoms with Crippen LogP contribution >= 0.6 is 22.9 Å². The molecule has 0 aliphatic rings. The third-order valence-corrected chi connectivity index (χ3v) is 3.35. The number of ether oxygens (including phenoxy) is 1. The largest absolute Gasteiger partial charge is 0.429 e. The molecule has 0 spiro atoms. The minimum atomic E-state index is -0.207. The molecule has 0 saturated carbocycles. The maximum absolute atomic E-state index is 11.1. The lowest BCUT2D eigenvalue weighted by molar-refractivity contribution is -0.114. The Labute approximate surface area is 118 Å². The highest BCUT2D eigenvalue weighted by Crippen LogP contribution is 2.34. The zero-order valence-corrected chi connectivity index (χ0v) is 11.4. The number of para-hydroxylation sites is 2. The Hall–Kier alpha value is -1.92. The average molecular weight is 297 g/mol. The number of nitrogens with one attached hydrogen (secondary N) is 1. The molecule has 1 heterocycles. The molecule has 0 atom stereocenters. The fourth-order valence-corrected chi connectivity index (χ4v) is 2.27. The molecule has 0 radical (unpaired) electrons. The van der Waals surface area contributed by atoms with Gasteiger partial charge in [-0.3, -0.25) is 9.59 Å². The molecule has 1 aromatic carbocycles.